The Balaban J connectivity index is 1.53. The summed E-state index contributed by atoms with van der Waals surface area (Å²) >= 11 is 0. The number of aromatic nitrogens is 2. The van der Waals surface area contributed by atoms with Gasteiger partial charge < -0.3 is 18.9 Å². The molecule has 0 unspecified atom stereocenters. The first-order valence-electron chi connectivity index (χ1n) is 8.50. The van der Waals surface area contributed by atoms with Crippen LogP contribution in [0.3, 0.4) is 0 Å². The van der Waals surface area contributed by atoms with Crippen LogP contribution in [0.25, 0.3) is 11.5 Å². The first-order valence-corrected chi connectivity index (χ1v) is 8.50. The Morgan fingerprint density at radius 2 is 1.74 bits per heavy atom. The van der Waals surface area contributed by atoms with Crippen molar-refractivity contribution in [3.8, 4) is 23.0 Å². The van der Waals surface area contributed by atoms with E-state index < -0.39 is 0 Å². The maximum atomic E-state index is 12.5. The summed E-state index contributed by atoms with van der Waals surface area (Å²) in [4.78, 5) is 18.3. The highest BCUT2D eigenvalue weighted by molar-refractivity contribution is 5.94. The van der Waals surface area contributed by atoms with Crippen molar-refractivity contribution in [3.05, 3.63) is 59.9 Å². The number of nitrogens with zero attached hydrogens (tertiary/aromatic N) is 3. The van der Waals surface area contributed by atoms with Gasteiger partial charge in [0, 0.05) is 18.2 Å². The summed E-state index contributed by atoms with van der Waals surface area (Å²) in [5.74, 6) is 2.43. The number of carbonyl (C=O) groups is 1. The number of ether oxygens (including phenoxy) is 2. The van der Waals surface area contributed by atoms with Crippen LogP contribution in [0.4, 0.5) is 0 Å². The standard InChI is InChI=1S/C20H21N3O4/c1-14-21-19(27-22-14)15-4-6-16(7-5-15)20(24)23(2)12-13-26-18-10-8-17(25-3)9-11-18/h4-11H,12-13H2,1-3H3. The zero-order valence-electron chi connectivity index (χ0n) is 15.5. The van der Waals surface area contributed by atoms with Gasteiger partial charge in [0.15, 0.2) is 5.82 Å². The SMILES string of the molecule is COc1ccc(OCCN(C)C(=O)c2ccc(-c3nc(C)no3)cc2)cc1. The molecule has 140 valence electrons. The molecule has 27 heavy (non-hydrogen) atoms. The molecule has 0 bridgehead atoms. The minimum atomic E-state index is -0.0819. The largest absolute Gasteiger partial charge is 0.497 e. The number of aryl methyl sites for hydroxylation is 1. The number of amides is 1. The van der Waals surface area contributed by atoms with Gasteiger partial charge in [-0.2, -0.15) is 4.98 Å². The highest BCUT2D eigenvalue weighted by atomic mass is 16.5. The first kappa shape index (κ1) is 18.4. The number of hydrogen-bond acceptors (Lipinski definition) is 6. The maximum Gasteiger partial charge on any atom is 0.257 e. The van der Waals surface area contributed by atoms with Gasteiger partial charge in [0.1, 0.15) is 18.1 Å². The smallest absolute Gasteiger partial charge is 0.257 e. The van der Waals surface area contributed by atoms with Crippen LogP contribution in [0, 0.1) is 6.92 Å². The van der Waals surface area contributed by atoms with Gasteiger partial charge in [-0.15, -0.1) is 0 Å². The number of benzene rings is 2. The molecular formula is C20H21N3O4. The van der Waals surface area contributed by atoms with Crippen molar-refractivity contribution in [2.24, 2.45) is 0 Å². The Morgan fingerprint density at radius 3 is 2.33 bits per heavy atom. The molecule has 0 saturated heterocycles. The van der Waals surface area contributed by atoms with Crippen LogP contribution in [0.2, 0.25) is 0 Å². The highest BCUT2D eigenvalue weighted by Crippen LogP contribution is 2.19. The van der Waals surface area contributed by atoms with Gasteiger partial charge in [-0.05, 0) is 55.5 Å². The minimum absolute atomic E-state index is 0.0819. The number of rotatable bonds is 7. The van der Waals surface area contributed by atoms with Crippen LogP contribution in [0.5, 0.6) is 11.5 Å². The van der Waals surface area contributed by atoms with Crippen molar-refractivity contribution in [1.82, 2.24) is 15.0 Å². The number of methoxy groups -OCH3 is 1. The second kappa shape index (κ2) is 8.35. The summed E-state index contributed by atoms with van der Waals surface area (Å²) in [5.41, 5.74) is 1.36. The third-order valence-corrected chi connectivity index (χ3v) is 4.01. The molecule has 0 atom stereocenters. The van der Waals surface area contributed by atoms with E-state index in [2.05, 4.69) is 10.1 Å². The Morgan fingerprint density at radius 1 is 1.07 bits per heavy atom. The van der Waals surface area contributed by atoms with E-state index >= 15 is 0 Å². The lowest BCUT2D eigenvalue weighted by Gasteiger charge is -2.17. The number of likely N-dealkylation sites (N-methyl/N-ethyl adjacent to an activating group) is 1. The van der Waals surface area contributed by atoms with Crippen LogP contribution >= 0.6 is 0 Å². The molecule has 3 aromatic rings. The third-order valence-electron chi connectivity index (χ3n) is 4.01. The van der Waals surface area contributed by atoms with E-state index in [1.165, 1.54) is 0 Å². The molecule has 0 N–H and O–H groups in total. The molecule has 0 saturated carbocycles. The minimum Gasteiger partial charge on any atom is -0.497 e. The topological polar surface area (TPSA) is 77.7 Å². The van der Waals surface area contributed by atoms with Gasteiger partial charge in [0.05, 0.1) is 13.7 Å². The summed E-state index contributed by atoms with van der Waals surface area (Å²) in [6.45, 7) is 2.62. The number of hydrogen-bond donors (Lipinski definition) is 0. The molecule has 0 aliphatic heterocycles. The number of carbonyl (C=O) groups excluding carboxylic acids is 1. The fourth-order valence-corrected chi connectivity index (χ4v) is 2.46. The van der Waals surface area contributed by atoms with E-state index in [0.717, 1.165) is 17.1 Å². The predicted molar refractivity (Wildman–Crippen MR) is 99.9 cm³/mol. The predicted octanol–water partition coefficient (Wildman–Crippen LogP) is 3.20. The van der Waals surface area contributed by atoms with Crippen molar-refractivity contribution in [1.29, 1.82) is 0 Å². The molecule has 0 aliphatic rings. The molecule has 0 fully saturated rings. The zero-order valence-corrected chi connectivity index (χ0v) is 15.5. The Labute approximate surface area is 157 Å². The quantitative estimate of drug-likeness (QED) is 0.638. The van der Waals surface area contributed by atoms with Crippen LogP contribution in [0.15, 0.2) is 53.1 Å². The fraction of sp³-hybridized carbons (Fsp3) is 0.250. The van der Waals surface area contributed by atoms with Gasteiger partial charge >= 0.3 is 0 Å². The molecule has 1 aromatic heterocycles. The van der Waals surface area contributed by atoms with Gasteiger partial charge in [-0.1, -0.05) is 5.16 Å². The van der Waals surface area contributed by atoms with Crippen LogP contribution in [-0.4, -0.2) is 48.3 Å². The van der Waals surface area contributed by atoms with E-state index in [1.807, 2.05) is 24.3 Å². The van der Waals surface area contributed by atoms with Crippen LogP contribution < -0.4 is 9.47 Å². The van der Waals surface area contributed by atoms with Gasteiger partial charge in [0.25, 0.3) is 11.8 Å². The van der Waals surface area contributed by atoms with Gasteiger partial charge in [-0.3, -0.25) is 4.79 Å². The third kappa shape index (κ3) is 4.63. The van der Waals surface area contributed by atoms with E-state index in [9.17, 15) is 4.79 Å². The Bertz CT molecular complexity index is 888. The fourth-order valence-electron chi connectivity index (χ4n) is 2.46. The van der Waals surface area contributed by atoms with Crippen molar-refractivity contribution >= 4 is 5.91 Å². The molecule has 3 rings (SSSR count). The van der Waals surface area contributed by atoms with E-state index in [0.29, 0.717) is 30.4 Å². The molecule has 2 aromatic carbocycles. The lowest BCUT2D eigenvalue weighted by molar-refractivity contribution is 0.0774. The summed E-state index contributed by atoms with van der Waals surface area (Å²) in [6.07, 6.45) is 0. The van der Waals surface area contributed by atoms with Crippen molar-refractivity contribution in [2.75, 3.05) is 27.3 Å². The van der Waals surface area contributed by atoms with Gasteiger partial charge in [-0.25, -0.2) is 0 Å². The normalized spacial score (nSPS) is 10.5. The average Bonchev–Trinajstić information content (AvgIpc) is 3.14. The monoisotopic (exact) mass is 367 g/mol. The van der Waals surface area contributed by atoms with E-state index in [-0.39, 0.29) is 5.91 Å². The van der Waals surface area contributed by atoms with Crippen LogP contribution in [-0.2, 0) is 0 Å². The highest BCUT2D eigenvalue weighted by Gasteiger charge is 2.13. The zero-order chi connectivity index (χ0) is 19.2. The molecule has 7 nitrogen and oxygen atoms in total. The molecule has 7 heteroatoms. The van der Waals surface area contributed by atoms with Crippen molar-refractivity contribution < 1.29 is 18.8 Å². The van der Waals surface area contributed by atoms with Crippen molar-refractivity contribution in [2.45, 2.75) is 6.92 Å². The molecule has 0 spiro atoms. The summed E-state index contributed by atoms with van der Waals surface area (Å²) in [7, 11) is 3.36. The van der Waals surface area contributed by atoms with E-state index in [4.69, 9.17) is 14.0 Å². The van der Waals surface area contributed by atoms with E-state index in [1.54, 1.807) is 50.2 Å². The molecule has 0 radical (unpaired) electrons. The van der Waals surface area contributed by atoms with Crippen molar-refractivity contribution in [3.63, 3.8) is 0 Å². The molecular weight excluding hydrogens is 346 g/mol. The molecule has 1 amide bonds. The first-order chi connectivity index (χ1) is 13.1. The van der Waals surface area contributed by atoms with Gasteiger partial charge in [0.2, 0.25) is 0 Å². The van der Waals surface area contributed by atoms with Crippen LogP contribution in [0.1, 0.15) is 16.2 Å². The lowest BCUT2D eigenvalue weighted by atomic mass is 10.1. The average molecular weight is 367 g/mol. The molecule has 0 aliphatic carbocycles. The molecule has 1 heterocycles. The summed E-state index contributed by atoms with van der Waals surface area (Å²) in [6, 6.07) is 14.4. The Kier molecular flexibility index (Phi) is 5.71. The lowest BCUT2D eigenvalue weighted by Crippen LogP contribution is -2.30. The Hall–Kier alpha value is -3.35. The summed E-state index contributed by atoms with van der Waals surface area (Å²) < 4.78 is 15.9. The summed E-state index contributed by atoms with van der Waals surface area (Å²) in [5, 5.41) is 3.76. The second-order valence-corrected chi connectivity index (χ2v) is 5.97. The second-order valence-electron chi connectivity index (χ2n) is 5.97. The maximum absolute atomic E-state index is 12.5.